The van der Waals surface area contributed by atoms with Crippen molar-refractivity contribution in [3.05, 3.63) is 24.0 Å². The lowest BCUT2D eigenvalue weighted by atomic mass is 10.1. The van der Waals surface area contributed by atoms with Crippen LogP contribution in [-0.2, 0) is 16.2 Å². The van der Waals surface area contributed by atoms with Crippen molar-refractivity contribution in [3.8, 4) is 0 Å². The third kappa shape index (κ3) is 2.01. The van der Waals surface area contributed by atoms with E-state index >= 15 is 0 Å². The number of hydrogen-bond donors (Lipinski definition) is 0. The molecule has 0 spiro atoms. The summed E-state index contributed by atoms with van der Waals surface area (Å²) >= 11 is 0. The van der Waals surface area contributed by atoms with E-state index in [1.54, 1.807) is 0 Å². The van der Waals surface area contributed by atoms with Crippen molar-refractivity contribution in [1.82, 2.24) is 9.29 Å². The summed E-state index contributed by atoms with van der Waals surface area (Å²) in [4.78, 5) is 2.45. The molecule has 20 heavy (non-hydrogen) atoms. The van der Waals surface area contributed by atoms with Crippen LogP contribution in [0.3, 0.4) is 0 Å². The first kappa shape index (κ1) is 13.8. The molecule has 0 N–H and O–H groups in total. The summed E-state index contributed by atoms with van der Waals surface area (Å²) in [6, 6.07) is 2.18. The van der Waals surface area contributed by atoms with E-state index in [4.69, 9.17) is 0 Å². The Morgan fingerprint density at radius 1 is 1.45 bits per heavy atom. The molecule has 0 radical (unpaired) electrons. The summed E-state index contributed by atoms with van der Waals surface area (Å²) in [5.74, 6) is 0.267. The molecule has 4 nitrogen and oxygen atoms in total. The van der Waals surface area contributed by atoms with Crippen LogP contribution in [0.5, 0.6) is 0 Å². The van der Waals surface area contributed by atoms with Crippen LogP contribution in [0.25, 0.3) is 0 Å². The molecule has 8 heteroatoms. The minimum Gasteiger partial charge on any atom is -0.250 e. The first-order valence-electron chi connectivity index (χ1n) is 6.17. The van der Waals surface area contributed by atoms with E-state index in [-0.39, 0.29) is 17.9 Å². The van der Waals surface area contributed by atoms with Gasteiger partial charge in [0.1, 0.15) is 4.90 Å². The molecule has 0 aromatic carbocycles. The van der Waals surface area contributed by atoms with Crippen molar-refractivity contribution in [2.24, 2.45) is 11.3 Å². The zero-order chi connectivity index (χ0) is 14.8. The smallest absolute Gasteiger partial charge is 0.250 e. The molecule has 2 aliphatic rings. The van der Waals surface area contributed by atoms with Gasteiger partial charge in [0, 0.05) is 19.3 Å². The van der Waals surface area contributed by atoms with E-state index in [0.29, 0.717) is 6.54 Å². The molecular formula is C12H13F3N2O2S. The molecule has 2 fully saturated rings. The van der Waals surface area contributed by atoms with Crippen LogP contribution >= 0.6 is 0 Å². The molecule has 2 unspecified atom stereocenters. The highest BCUT2D eigenvalue weighted by Gasteiger charge is 2.59. The molecule has 2 heterocycles. The van der Waals surface area contributed by atoms with Crippen molar-refractivity contribution >= 4 is 10.0 Å². The standard InChI is InChI=1S/C12H13F3N2O2S/c1-11-5-8(11)6-17(7-11)20(18,19)9-3-2-4-16-10(9)12(13,14)15/h2-4,8H,5-7H2,1H3. The molecule has 1 saturated heterocycles. The number of hydrogen-bond acceptors (Lipinski definition) is 3. The van der Waals surface area contributed by atoms with Gasteiger partial charge in [-0.15, -0.1) is 0 Å². The molecular weight excluding hydrogens is 293 g/mol. The zero-order valence-electron chi connectivity index (χ0n) is 10.7. The van der Waals surface area contributed by atoms with Gasteiger partial charge in [0.05, 0.1) is 0 Å². The van der Waals surface area contributed by atoms with Crippen LogP contribution in [0.15, 0.2) is 23.2 Å². The maximum Gasteiger partial charge on any atom is 0.434 e. The SMILES string of the molecule is CC12CC1CN(S(=O)(=O)c1cccnc1C(F)(F)F)C2. The van der Waals surface area contributed by atoms with Gasteiger partial charge in [-0.1, -0.05) is 6.92 Å². The van der Waals surface area contributed by atoms with Gasteiger partial charge in [0.2, 0.25) is 10.0 Å². The lowest BCUT2D eigenvalue weighted by Gasteiger charge is -2.21. The van der Waals surface area contributed by atoms with Gasteiger partial charge in [0.15, 0.2) is 5.69 Å². The summed E-state index contributed by atoms with van der Waals surface area (Å²) in [6.45, 7) is 2.54. The molecule has 1 aliphatic carbocycles. The second kappa shape index (κ2) is 3.94. The van der Waals surface area contributed by atoms with Crippen LogP contribution in [0.4, 0.5) is 13.2 Å². The molecule has 0 amide bonds. The number of pyridine rings is 1. The average Bonchev–Trinajstić information content (AvgIpc) is 2.86. The number of nitrogens with zero attached hydrogens (tertiary/aromatic N) is 2. The Kier molecular flexibility index (Phi) is 2.72. The second-order valence-electron chi connectivity index (χ2n) is 5.70. The molecule has 0 bridgehead atoms. The Balaban J connectivity index is 2.01. The lowest BCUT2D eigenvalue weighted by molar-refractivity contribution is -0.143. The Hall–Kier alpha value is -1.15. The number of halogens is 3. The zero-order valence-corrected chi connectivity index (χ0v) is 11.5. The van der Waals surface area contributed by atoms with Crippen LogP contribution in [0.2, 0.25) is 0 Å². The van der Waals surface area contributed by atoms with E-state index < -0.39 is 26.8 Å². The number of piperidine rings is 1. The maximum atomic E-state index is 12.9. The van der Waals surface area contributed by atoms with E-state index in [1.807, 2.05) is 6.92 Å². The molecule has 1 aromatic rings. The summed E-state index contributed by atoms with van der Waals surface area (Å²) in [7, 11) is -4.14. The van der Waals surface area contributed by atoms with Crippen molar-refractivity contribution in [1.29, 1.82) is 0 Å². The minimum absolute atomic E-state index is 0.0618. The molecule has 110 valence electrons. The summed E-state index contributed by atoms with van der Waals surface area (Å²) < 4.78 is 64.6. The Morgan fingerprint density at radius 3 is 2.70 bits per heavy atom. The molecule has 2 atom stereocenters. The van der Waals surface area contributed by atoms with Gasteiger partial charge in [-0.3, -0.25) is 4.98 Å². The van der Waals surface area contributed by atoms with Gasteiger partial charge in [-0.05, 0) is 29.9 Å². The minimum atomic E-state index is -4.78. The number of sulfonamides is 1. The van der Waals surface area contributed by atoms with Gasteiger partial charge in [-0.2, -0.15) is 17.5 Å². The van der Waals surface area contributed by atoms with E-state index in [9.17, 15) is 21.6 Å². The summed E-state index contributed by atoms with van der Waals surface area (Å²) in [5.41, 5.74) is -1.40. The normalized spacial score (nSPS) is 30.3. The van der Waals surface area contributed by atoms with Crippen LogP contribution in [-0.4, -0.2) is 30.8 Å². The third-order valence-corrected chi connectivity index (χ3v) is 6.00. The van der Waals surface area contributed by atoms with Crippen LogP contribution < -0.4 is 0 Å². The van der Waals surface area contributed by atoms with Crippen LogP contribution in [0.1, 0.15) is 19.0 Å². The first-order chi connectivity index (χ1) is 9.14. The number of aromatic nitrogens is 1. The highest BCUT2D eigenvalue weighted by Crippen LogP contribution is 2.58. The summed E-state index contributed by atoms with van der Waals surface area (Å²) in [5, 5.41) is 0. The van der Waals surface area contributed by atoms with Crippen molar-refractivity contribution in [2.75, 3.05) is 13.1 Å². The van der Waals surface area contributed by atoms with Crippen molar-refractivity contribution in [3.63, 3.8) is 0 Å². The quantitative estimate of drug-likeness (QED) is 0.841. The average molecular weight is 306 g/mol. The molecule has 1 aromatic heterocycles. The van der Waals surface area contributed by atoms with E-state index in [0.717, 1.165) is 23.0 Å². The molecule has 1 aliphatic heterocycles. The monoisotopic (exact) mass is 306 g/mol. The van der Waals surface area contributed by atoms with E-state index in [2.05, 4.69) is 4.98 Å². The van der Waals surface area contributed by atoms with E-state index in [1.165, 1.54) is 6.07 Å². The predicted octanol–water partition coefficient (Wildman–Crippen LogP) is 2.13. The fraction of sp³-hybridized carbons (Fsp3) is 0.583. The van der Waals surface area contributed by atoms with Crippen LogP contribution in [0, 0.1) is 11.3 Å². The van der Waals surface area contributed by atoms with Gasteiger partial charge in [0.25, 0.3) is 0 Å². The predicted molar refractivity (Wildman–Crippen MR) is 64.2 cm³/mol. The summed E-state index contributed by atoms with van der Waals surface area (Å²) in [6.07, 6.45) is -2.89. The topological polar surface area (TPSA) is 50.3 Å². The fourth-order valence-electron chi connectivity index (χ4n) is 2.83. The maximum absolute atomic E-state index is 12.9. The third-order valence-electron chi connectivity index (χ3n) is 4.16. The number of alkyl halides is 3. The Morgan fingerprint density at radius 2 is 2.15 bits per heavy atom. The highest BCUT2D eigenvalue weighted by molar-refractivity contribution is 7.89. The first-order valence-corrected chi connectivity index (χ1v) is 7.61. The molecule has 3 rings (SSSR count). The van der Waals surface area contributed by atoms with Crippen molar-refractivity contribution in [2.45, 2.75) is 24.4 Å². The number of fused-ring (bicyclic) bond motifs is 1. The van der Waals surface area contributed by atoms with Crippen molar-refractivity contribution < 1.29 is 21.6 Å². The molecule has 1 saturated carbocycles. The lowest BCUT2D eigenvalue weighted by Crippen LogP contribution is -2.33. The van der Waals surface area contributed by atoms with Gasteiger partial charge >= 0.3 is 6.18 Å². The number of rotatable bonds is 2. The van der Waals surface area contributed by atoms with Gasteiger partial charge in [-0.25, -0.2) is 8.42 Å². The van der Waals surface area contributed by atoms with Gasteiger partial charge < -0.3 is 0 Å². The highest BCUT2D eigenvalue weighted by atomic mass is 32.2. The Bertz CT molecular complexity index is 659. The largest absolute Gasteiger partial charge is 0.434 e. The Labute approximate surface area is 114 Å². The fourth-order valence-corrected chi connectivity index (χ4v) is 4.61. The second-order valence-corrected chi connectivity index (χ2v) is 7.61.